The summed E-state index contributed by atoms with van der Waals surface area (Å²) in [7, 11) is 0. The molecule has 5 heteroatoms. The zero-order chi connectivity index (χ0) is 15.4. The van der Waals surface area contributed by atoms with Crippen molar-refractivity contribution >= 4 is 17.3 Å². The Kier molecular flexibility index (Phi) is 5.59. The van der Waals surface area contributed by atoms with Gasteiger partial charge in [0.25, 0.3) is 5.69 Å². The number of nitro groups is 1. The summed E-state index contributed by atoms with van der Waals surface area (Å²) in [5.41, 5.74) is 0.969. The molecule has 0 radical (unpaired) electrons. The smallest absolute Gasteiger partial charge is 0.270 e. The second kappa shape index (κ2) is 7.23. The van der Waals surface area contributed by atoms with Gasteiger partial charge in [-0.2, -0.15) is 0 Å². The Bertz CT molecular complexity index is 505. The van der Waals surface area contributed by atoms with E-state index in [0.717, 1.165) is 5.56 Å². The molecule has 0 spiro atoms. The molecular weight excluding hydrogens is 288 g/mol. The van der Waals surface area contributed by atoms with Crippen LogP contribution in [0.25, 0.3) is 0 Å². The van der Waals surface area contributed by atoms with Crippen molar-refractivity contribution in [1.29, 1.82) is 0 Å². The van der Waals surface area contributed by atoms with E-state index in [4.69, 9.17) is 11.6 Å². The van der Waals surface area contributed by atoms with Crippen molar-refractivity contribution in [3.05, 3.63) is 38.9 Å². The maximum absolute atomic E-state index is 10.7. The van der Waals surface area contributed by atoms with E-state index in [9.17, 15) is 10.1 Å². The highest BCUT2D eigenvalue weighted by molar-refractivity contribution is 6.31. The van der Waals surface area contributed by atoms with Crippen LogP contribution in [0.4, 0.5) is 5.69 Å². The van der Waals surface area contributed by atoms with E-state index in [-0.39, 0.29) is 5.69 Å². The number of non-ortho nitro benzene ring substituents is 1. The standard InChI is InChI=1S/C16H23ClN2O2/c1-11(2)14-5-3-4-6-16(14)18-10-12-7-8-13(19(20)21)9-15(12)17/h7-9,11,14,16,18H,3-6,10H2,1-2H3. The zero-order valence-corrected chi connectivity index (χ0v) is 13.4. The van der Waals surface area contributed by atoms with Crippen LogP contribution in [-0.4, -0.2) is 11.0 Å². The van der Waals surface area contributed by atoms with Crippen LogP contribution in [-0.2, 0) is 6.54 Å². The normalized spacial score (nSPS) is 22.5. The first kappa shape index (κ1) is 16.2. The van der Waals surface area contributed by atoms with Gasteiger partial charge < -0.3 is 5.32 Å². The Balaban J connectivity index is 2.00. The molecule has 1 aromatic carbocycles. The molecule has 1 aliphatic rings. The molecule has 2 atom stereocenters. The fourth-order valence-corrected chi connectivity index (χ4v) is 3.49. The number of hydrogen-bond donors (Lipinski definition) is 1. The molecule has 1 fully saturated rings. The molecular formula is C16H23ClN2O2. The van der Waals surface area contributed by atoms with Crippen LogP contribution in [0.1, 0.15) is 45.1 Å². The van der Waals surface area contributed by atoms with E-state index >= 15 is 0 Å². The van der Waals surface area contributed by atoms with Gasteiger partial charge in [-0.25, -0.2) is 0 Å². The number of hydrogen-bond acceptors (Lipinski definition) is 3. The highest BCUT2D eigenvalue weighted by Crippen LogP contribution is 2.31. The third kappa shape index (κ3) is 4.17. The maximum atomic E-state index is 10.7. The van der Waals surface area contributed by atoms with Crippen molar-refractivity contribution in [3.63, 3.8) is 0 Å². The maximum Gasteiger partial charge on any atom is 0.270 e. The Morgan fingerprint density at radius 1 is 1.38 bits per heavy atom. The second-order valence-electron chi connectivity index (χ2n) is 6.21. The van der Waals surface area contributed by atoms with Crippen molar-refractivity contribution in [2.75, 3.05) is 0 Å². The van der Waals surface area contributed by atoms with Crippen molar-refractivity contribution < 1.29 is 4.92 Å². The molecule has 116 valence electrons. The fourth-order valence-electron chi connectivity index (χ4n) is 3.25. The highest BCUT2D eigenvalue weighted by Gasteiger charge is 2.27. The molecule has 1 aromatic rings. The predicted molar refractivity (Wildman–Crippen MR) is 85.5 cm³/mol. The summed E-state index contributed by atoms with van der Waals surface area (Å²) in [6.45, 7) is 5.23. The van der Waals surface area contributed by atoms with Gasteiger partial charge in [0.15, 0.2) is 0 Å². The minimum atomic E-state index is -0.418. The minimum Gasteiger partial charge on any atom is -0.310 e. The van der Waals surface area contributed by atoms with Crippen molar-refractivity contribution in [2.24, 2.45) is 11.8 Å². The summed E-state index contributed by atoms with van der Waals surface area (Å²) in [6, 6.07) is 5.22. The second-order valence-corrected chi connectivity index (χ2v) is 6.62. The summed E-state index contributed by atoms with van der Waals surface area (Å²) in [6.07, 6.45) is 5.07. The van der Waals surface area contributed by atoms with E-state index in [0.29, 0.717) is 29.4 Å². The molecule has 0 saturated heterocycles. The minimum absolute atomic E-state index is 0.0430. The van der Waals surface area contributed by atoms with Crippen LogP contribution in [0.2, 0.25) is 5.02 Å². The topological polar surface area (TPSA) is 55.2 Å². The lowest BCUT2D eigenvalue weighted by atomic mass is 9.78. The first-order valence-electron chi connectivity index (χ1n) is 7.65. The van der Waals surface area contributed by atoms with Gasteiger partial charge in [0.05, 0.1) is 9.95 Å². The van der Waals surface area contributed by atoms with E-state index < -0.39 is 4.92 Å². The SMILES string of the molecule is CC(C)C1CCCCC1NCc1ccc([N+](=O)[O-])cc1Cl. The van der Waals surface area contributed by atoms with Gasteiger partial charge in [0, 0.05) is 24.7 Å². The van der Waals surface area contributed by atoms with Crippen molar-refractivity contribution in [3.8, 4) is 0 Å². The summed E-state index contributed by atoms with van der Waals surface area (Å²) in [5, 5.41) is 14.8. The number of halogens is 1. The highest BCUT2D eigenvalue weighted by atomic mass is 35.5. The average Bonchev–Trinajstić information content (AvgIpc) is 2.46. The molecule has 1 N–H and O–H groups in total. The number of nitrogens with one attached hydrogen (secondary N) is 1. The monoisotopic (exact) mass is 310 g/mol. The van der Waals surface area contributed by atoms with Gasteiger partial charge in [-0.3, -0.25) is 10.1 Å². The van der Waals surface area contributed by atoms with Gasteiger partial charge in [-0.05, 0) is 36.3 Å². The van der Waals surface area contributed by atoms with Crippen LogP contribution < -0.4 is 5.32 Å². The van der Waals surface area contributed by atoms with Gasteiger partial charge >= 0.3 is 0 Å². The van der Waals surface area contributed by atoms with Crippen LogP contribution in [0.5, 0.6) is 0 Å². The van der Waals surface area contributed by atoms with Gasteiger partial charge in [-0.1, -0.05) is 38.3 Å². The Morgan fingerprint density at radius 2 is 2.10 bits per heavy atom. The van der Waals surface area contributed by atoms with E-state index in [1.807, 2.05) is 0 Å². The molecule has 21 heavy (non-hydrogen) atoms. The number of benzene rings is 1. The summed E-state index contributed by atoms with van der Waals surface area (Å²) >= 11 is 6.15. The van der Waals surface area contributed by atoms with Crippen molar-refractivity contribution in [2.45, 2.75) is 52.1 Å². The fraction of sp³-hybridized carbons (Fsp3) is 0.625. The summed E-state index contributed by atoms with van der Waals surface area (Å²) in [5.74, 6) is 1.38. The number of rotatable bonds is 5. The zero-order valence-electron chi connectivity index (χ0n) is 12.6. The third-order valence-electron chi connectivity index (χ3n) is 4.48. The summed E-state index contributed by atoms with van der Waals surface area (Å²) in [4.78, 5) is 10.3. The van der Waals surface area contributed by atoms with Gasteiger partial charge in [-0.15, -0.1) is 0 Å². The Morgan fingerprint density at radius 3 is 2.71 bits per heavy atom. The Labute approximate surface area is 131 Å². The summed E-state index contributed by atoms with van der Waals surface area (Å²) < 4.78 is 0. The lowest BCUT2D eigenvalue weighted by Gasteiger charge is -2.35. The molecule has 2 unspecified atom stereocenters. The number of nitrogens with zero attached hydrogens (tertiary/aromatic N) is 1. The van der Waals surface area contributed by atoms with Crippen LogP contribution in [0, 0.1) is 22.0 Å². The van der Waals surface area contributed by atoms with Crippen LogP contribution >= 0.6 is 11.6 Å². The molecule has 0 aromatic heterocycles. The van der Waals surface area contributed by atoms with E-state index in [2.05, 4.69) is 19.2 Å². The third-order valence-corrected chi connectivity index (χ3v) is 4.83. The van der Waals surface area contributed by atoms with Gasteiger partial charge in [0.1, 0.15) is 0 Å². The first-order valence-corrected chi connectivity index (χ1v) is 8.03. The van der Waals surface area contributed by atoms with E-state index in [1.165, 1.54) is 37.8 Å². The largest absolute Gasteiger partial charge is 0.310 e. The molecule has 0 aliphatic heterocycles. The molecule has 0 heterocycles. The average molecular weight is 311 g/mol. The molecule has 2 rings (SSSR count). The van der Waals surface area contributed by atoms with Gasteiger partial charge in [0.2, 0.25) is 0 Å². The predicted octanol–water partition coefficient (Wildman–Crippen LogP) is 4.55. The lowest BCUT2D eigenvalue weighted by Crippen LogP contribution is -2.40. The van der Waals surface area contributed by atoms with Crippen molar-refractivity contribution in [1.82, 2.24) is 5.32 Å². The number of nitro benzene ring substituents is 1. The lowest BCUT2D eigenvalue weighted by molar-refractivity contribution is -0.384. The van der Waals surface area contributed by atoms with E-state index in [1.54, 1.807) is 6.07 Å². The molecule has 1 aliphatic carbocycles. The quantitative estimate of drug-likeness (QED) is 0.641. The van der Waals surface area contributed by atoms with Crippen LogP contribution in [0.15, 0.2) is 18.2 Å². The first-order chi connectivity index (χ1) is 9.99. The molecule has 4 nitrogen and oxygen atoms in total. The molecule has 0 bridgehead atoms. The molecule has 1 saturated carbocycles. The molecule has 0 amide bonds. The van der Waals surface area contributed by atoms with Crippen LogP contribution in [0.3, 0.4) is 0 Å². The Hall–Kier alpha value is -1.13.